The highest BCUT2D eigenvalue weighted by Crippen LogP contribution is 2.40. The van der Waals surface area contributed by atoms with Gasteiger partial charge in [-0.05, 0) is 30.7 Å². The van der Waals surface area contributed by atoms with Crippen molar-refractivity contribution in [3.63, 3.8) is 0 Å². The van der Waals surface area contributed by atoms with Crippen LogP contribution in [0.2, 0.25) is 0 Å². The third kappa shape index (κ3) is 2.87. The standard InChI is InChI=1S/C15H23NO2S/c1-17-12-15-6-3-8-18-14(15)5-7-16(11-15)10-13-4-2-9-19-13/h2,4,9,14H,3,5-8,10-12H2,1H3/t14-,15+/m1/s1. The number of nitrogens with zero attached hydrogens (tertiary/aromatic N) is 1. The summed E-state index contributed by atoms with van der Waals surface area (Å²) in [7, 11) is 1.82. The van der Waals surface area contributed by atoms with Crippen LogP contribution in [0.1, 0.15) is 24.1 Å². The predicted octanol–water partition coefficient (Wildman–Crippen LogP) is 2.77. The fraction of sp³-hybridized carbons (Fsp3) is 0.733. The number of hydrogen-bond acceptors (Lipinski definition) is 4. The van der Waals surface area contributed by atoms with E-state index in [4.69, 9.17) is 9.47 Å². The molecular weight excluding hydrogens is 258 g/mol. The van der Waals surface area contributed by atoms with E-state index in [2.05, 4.69) is 22.4 Å². The number of hydrogen-bond donors (Lipinski definition) is 0. The maximum atomic E-state index is 6.02. The normalized spacial score (nSPS) is 32.2. The fourth-order valence-corrected chi connectivity index (χ4v) is 4.38. The summed E-state index contributed by atoms with van der Waals surface area (Å²) < 4.78 is 11.5. The van der Waals surface area contributed by atoms with Gasteiger partial charge in [-0.15, -0.1) is 11.3 Å². The van der Waals surface area contributed by atoms with Gasteiger partial charge in [0.2, 0.25) is 0 Å². The van der Waals surface area contributed by atoms with E-state index in [1.165, 1.54) is 17.7 Å². The predicted molar refractivity (Wildman–Crippen MR) is 77.5 cm³/mol. The highest BCUT2D eigenvalue weighted by molar-refractivity contribution is 7.09. The summed E-state index contributed by atoms with van der Waals surface area (Å²) in [6.07, 6.45) is 3.97. The summed E-state index contributed by atoms with van der Waals surface area (Å²) in [6, 6.07) is 4.37. The number of fused-ring (bicyclic) bond motifs is 1. The fourth-order valence-electron chi connectivity index (χ4n) is 3.64. The summed E-state index contributed by atoms with van der Waals surface area (Å²) in [5.74, 6) is 0. The van der Waals surface area contributed by atoms with E-state index in [0.29, 0.717) is 6.10 Å². The molecule has 0 bridgehead atoms. The molecule has 3 rings (SSSR count). The molecule has 0 radical (unpaired) electrons. The molecular formula is C15H23NO2S. The van der Waals surface area contributed by atoms with Crippen molar-refractivity contribution in [2.75, 3.05) is 33.4 Å². The number of piperidine rings is 1. The Hall–Kier alpha value is -0.420. The molecule has 0 saturated carbocycles. The van der Waals surface area contributed by atoms with Crippen LogP contribution in [0.15, 0.2) is 17.5 Å². The second-order valence-electron chi connectivity index (χ2n) is 5.84. The van der Waals surface area contributed by atoms with Crippen molar-refractivity contribution in [3.8, 4) is 0 Å². The lowest BCUT2D eigenvalue weighted by Gasteiger charge is -2.50. The molecule has 0 aromatic carbocycles. The molecule has 4 heteroatoms. The summed E-state index contributed by atoms with van der Waals surface area (Å²) in [5.41, 5.74) is 0.225. The molecule has 0 aliphatic carbocycles. The highest BCUT2D eigenvalue weighted by atomic mass is 32.1. The van der Waals surface area contributed by atoms with Crippen LogP contribution in [0.5, 0.6) is 0 Å². The molecule has 3 heterocycles. The number of rotatable bonds is 4. The minimum atomic E-state index is 0.225. The largest absolute Gasteiger partial charge is 0.384 e. The van der Waals surface area contributed by atoms with Crippen molar-refractivity contribution in [1.82, 2.24) is 4.90 Å². The second kappa shape index (κ2) is 5.92. The molecule has 3 nitrogen and oxygen atoms in total. The summed E-state index contributed by atoms with van der Waals surface area (Å²) >= 11 is 1.85. The molecule has 106 valence electrons. The van der Waals surface area contributed by atoms with Crippen LogP contribution in [-0.2, 0) is 16.0 Å². The molecule has 2 atom stereocenters. The van der Waals surface area contributed by atoms with E-state index < -0.39 is 0 Å². The topological polar surface area (TPSA) is 21.7 Å². The summed E-state index contributed by atoms with van der Waals surface area (Å²) in [4.78, 5) is 4.04. The van der Waals surface area contributed by atoms with Gasteiger partial charge in [-0.3, -0.25) is 4.90 Å². The average molecular weight is 281 g/mol. The number of likely N-dealkylation sites (tertiary alicyclic amines) is 1. The number of ether oxygens (including phenoxy) is 2. The van der Waals surface area contributed by atoms with Gasteiger partial charge in [0.15, 0.2) is 0 Å². The molecule has 0 spiro atoms. The van der Waals surface area contributed by atoms with E-state index in [1.807, 2.05) is 18.4 Å². The van der Waals surface area contributed by atoms with E-state index in [0.717, 1.165) is 39.3 Å². The zero-order valence-electron chi connectivity index (χ0n) is 11.6. The molecule has 19 heavy (non-hydrogen) atoms. The van der Waals surface area contributed by atoms with E-state index >= 15 is 0 Å². The third-order valence-electron chi connectivity index (χ3n) is 4.46. The third-order valence-corrected chi connectivity index (χ3v) is 5.32. The van der Waals surface area contributed by atoms with Crippen LogP contribution in [0, 0.1) is 5.41 Å². The number of methoxy groups -OCH3 is 1. The second-order valence-corrected chi connectivity index (χ2v) is 6.87. The van der Waals surface area contributed by atoms with Crippen molar-refractivity contribution in [3.05, 3.63) is 22.4 Å². The van der Waals surface area contributed by atoms with Crippen LogP contribution < -0.4 is 0 Å². The van der Waals surface area contributed by atoms with Gasteiger partial charge in [0, 0.05) is 43.6 Å². The number of thiophene rings is 1. The van der Waals surface area contributed by atoms with Gasteiger partial charge in [-0.2, -0.15) is 0 Å². The first-order chi connectivity index (χ1) is 9.32. The lowest BCUT2D eigenvalue weighted by Crippen LogP contribution is -2.56. The maximum absolute atomic E-state index is 6.02. The van der Waals surface area contributed by atoms with Crippen LogP contribution in [-0.4, -0.2) is 44.4 Å². The molecule has 1 aromatic rings. The van der Waals surface area contributed by atoms with Crippen LogP contribution in [0.3, 0.4) is 0 Å². The Morgan fingerprint density at radius 1 is 1.58 bits per heavy atom. The van der Waals surface area contributed by atoms with Crippen LogP contribution >= 0.6 is 11.3 Å². The lowest BCUT2D eigenvalue weighted by molar-refractivity contribution is -0.149. The van der Waals surface area contributed by atoms with E-state index in [9.17, 15) is 0 Å². The minimum absolute atomic E-state index is 0.225. The Bertz CT molecular complexity index is 391. The molecule has 2 saturated heterocycles. The van der Waals surface area contributed by atoms with Gasteiger partial charge in [0.05, 0.1) is 12.7 Å². The zero-order valence-corrected chi connectivity index (χ0v) is 12.5. The van der Waals surface area contributed by atoms with Gasteiger partial charge in [0.1, 0.15) is 0 Å². The van der Waals surface area contributed by atoms with Crippen molar-refractivity contribution in [2.45, 2.75) is 31.9 Å². The first-order valence-corrected chi connectivity index (χ1v) is 8.06. The highest BCUT2D eigenvalue weighted by Gasteiger charge is 2.45. The molecule has 0 N–H and O–H groups in total. The van der Waals surface area contributed by atoms with Crippen molar-refractivity contribution >= 4 is 11.3 Å². The molecule has 0 amide bonds. The Labute approximate surface area is 119 Å². The van der Waals surface area contributed by atoms with E-state index in [-0.39, 0.29) is 5.41 Å². The van der Waals surface area contributed by atoms with Gasteiger partial charge in [0.25, 0.3) is 0 Å². The smallest absolute Gasteiger partial charge is 0.0677 e. The Balaban J connectivity index is 1.69. The Morgan fingerprint density at radius 3 is 3.32 bits per heavy atom. The molecule has 2 aliphatic rings. The van der Waals surface area contributed by atoms with Gasteiger partial charge < -0.3 is 9.47 Å². The van der Waals surface area contributed by atoms with Crippen molar-refractivity contribution < 1.29 is 9.47 Å². The Morgan fingerprint density at radius 2 is 2.53 bits per heavy atom. The lowest BCUT2D eigenvalue weighted by atomic mass is 9.73. The summed E-state index contributed by atoms with van der Waals surface area (Å²) in [5, 5.41) is 2.16. The Kier molecular flexibility index (Phi) is 4.22. The first kappa shape index (κ1) is 13.6. The molecule has 0 unspecified atom stereocenters. The average Bonchev–Trinajstić information content (AvgIpc) is 2.91. The van der Waals surface area contributed by atoms with Gasteiger partial charge in [-0.25, -0.2) is 0 Å². The van der Waals surface area contributed by atoms with E-state index in [1.54, 1.807) is 0 Å². The minimum Gasteiger partial charge on any atom is -0.384 e. The SMILES string of the molecule is COC[C@@]12CCCO[C@@H]1CCN(Cc1cccs1)C2. The summed E-state index contributed by atoms with van der Waals surface area (Å²) in [6.45, 7) is 5.10. The van der Waals surface area contributed by atoms with Gasteiger partial charge >= 0.3 is 0 Å². The zero-order chi connectivity index (χ0) is 13.1. The van der Waals surface area contributed by atoms with Crippen molar-refractivity contribution in [1.29, 1.82) is 0 Å². The van der Waals surface area contributed by atoms with Crippen molar-refractivity contribution in [2.24, 2.45) is 5.41 Å². The molecule has 1 aromatic heterocycles. The van der Waals surface area contributed by atoms with Crippen LogP contribution in [0.4, 0.5) is 0 Å². The maximum Gasteiger partial charge on any atom is 0.0677 e. The first-order valence-electron chi connectivity index (χ1n) is 7.18. The monoisotopic (exact) mass is 281 g/mol. The van der Waals surface area contributed by atoms with Crippen LogP contribution in [0.25, 0.3) is 0 Å². The quantitative estimate of drug-likeness (QED) is 0.847. The van der Waals surface area contributed by atoms with Gasteiger partial charge in [-0.1, -0.05) is 6.07 Å². The molecule has 2 fully saturated rings. The molecule has 2 aliphatic heterocycles.